The van der Waals surface area contributed by atoms with Gasteiger partial charge in [0.25, 0.3) is 0 Å². The second-order valence-electron chi connectivity index (χ2n) is 4.21. The van der Waals surface area contributed by atoms with Gasteiger partial charge in [0.05, 0.1) is 6.61 Å². The standard InChI is InChI=1S/C15H12ClN3OS/c1-2-20-14-17-13(16)18-15(19-14)21-12-8-7-10-5-3-4-6-11(10)9-12/h3-9H,2H2,1H3. The van der Waals surface area contributed by atoms with Crippen LogP contribution in [-0.2, 0) is 0 Å². The molecular formula is C15H12ClN3OS. The van der Waals surface area contributed by atoms with Gasteiger partial charge in [-0.1, -0.05) is 30.3 Å². The summed E-state index contributed by atoms with van der Waals surface area (Å²) in [4.78, 5) is 13.3. The van der Waals surface area contributed by atoms with E-state index in [2.05, 4.69) is 39.2 Å². The number of aromatic nitrogens is 3. The highest BCUT2D eigenvalue weighted by molar-refractivity contribution is 7.99. The van der Waals surface area contributed by atoms with Crippen LogP contribution in [0.3, 0.4) is 0 Å². The highest BCUT2D eigenvalue weighted by atomic mass is 35.5. The normalized spacial score (nSPS) is 10.8. The van der Waals surface area contributed by atoms with E-state index in [9.17, 15) is 0 Å². The van der Waals surface area contributed by atoms with Gasteiger partial charge in [-0.25, -0.2) is 0 Å². The van der Waals surface area contributed by atoms with E-state index in [1.54, 1.807) is 0 Å². The fourth-order valence-corrected chi connectivity index (χ4v) is 2.88. The molecule has 0 atom stereocenters. The maximum absolute atomic E-state index is 5.89. The summed E-state index contributed by atoms with van der Waals surface area (Å²) >= 11 is 7.32. The van der Waals surface area contributed by atoms with E-state index in [4.69, 9.17) is 16.3 Å². The summed E-state index contributed by atoms with van der Waals surface area (Å²) < 4.78 is 5.28. The first-order valence-electron chi connectivity index (χ1n) is 6.45. The zero-order valence-corrected chi connectivity index (χ0v) is 12.9. The van der Waals surface area contributed by atoms with Crippen molar-refractivity contribution < 1.29 is 4.74 Å². The van der Waals surface area contributed by atoms with E-state index in [-0.39, 0.29) is 11.3 Å². The summed E-state index contributed by atoms with van der Waals surface area (Å²) in [6.07, 6.45) is 0. The molecule has 21 heavy (non-hydrogen) atoms. The third-order valence-electron chi connectivity index (χ3n) is 2.77. The first-order chi connectivity index (χ1) is 10.2. The zero-order valence-electron chi connectivity index (χ0n) is 11.3. The van der Waals surface area contributed by atoms with Gasteiger partial charge in [-0.2, -0.15) is 15.0 Å². The molecule has 0 aliphatic rings. The summed E-state index contributed by atoms with van der Waals surface area (Å²) in [5, 5.41) is 3.03. The van der Waals surface area contributed by atoms with Gasteiger partial charge in [-0.05, 0) is 53.2 Å². The van der Waals surface area contributed by atoms with E-state index in [1.807, 2.05) is 25.1 Å². The maximum atomic E-state index is 5.89. The van der Waals surface area contributed by atoms with E-state index in [0.717, 1.165) is 4.90 Å². The Labute approximate surface area is 131 Å². The average molecular weight is 318 g/mol. The molecule has 0 saturated heterocycles. The molecule has 0 radical (unpaired) electrons. The van der Waals surface area contributed by atoms with Gasteiger partial charge < -0.3 is 4.74 Å². The number of halogens is 1. The summed E-state index contributed by atoms with van der Waals surface area (Å²) in [7, 11) is 0. The topological polar surface area (TPSA) is 47.9 Å². The molecule has 3 rings (SSSR count). The number of fused-ring (bicyclic) bond motifs is 1. The van der Waals surface area contributed by atoms with Gasteiger partial charge in [0.2, 0.25) is 5.28 Å². The molecule has 0 aliphatic carbocycles. The predicted octanol–water partition coefficient (Wildman–Crippen LogP) is 4.23. The molecule has 0 saturated carbocycles. The number of hydrogen-bond acceptors (Lipinski definition) is 5. The molecule has 1 aromatic heterocycles. The lowest BCUT2D eigenvalue weighted by molar-refractivity contribution is 0.307. The van der Waals surface area contributed by atoms with Crippen molar-refractivity contribution in [2.24, 2.45) is 0 Å². The highest BCUT2D eigenvalue weighted by Crippen LogP contribution is 2.29. The fourth-order valence-electron chi connectivity index (χ4n) is 1.89. The molecular weight excluding hydrogens is 306 g/mol. The highest BCUT2D eigenvalue weighted by Gasteiger charge is 2.08. The van der Waals surface area contributed by atoms with Crippen molar-refractivity contribution in [3.63, 3.8) is 0 Å². The Hall–Kier alpha value is -1.85. The monoisotopic (exact) mass is 317 g/mol. The molecule has 6 heteroatoms. The smallest absolute Gasteiger partial charge is 0.321 e. The summed E-state index contributed by atoms with van der Waals surface area (Å²) in [6.45, 7) is 2.36. The molecule has 0 bridgehead atoms. The third kappa shape index (κ3) is 3.43. The lowest BCUT2D eigenvalue weighted by Gasteiger charge is -2.05. The maximum Gasteiger partial charge on any atom is 0.321 e. The Bertz CT molecular complexity index is 782. The van der Waals surface area contributed by atoms with E-state index in [0.29, 0.717) is 11.8 Å². The summed E-state index contributed by atoms with van der Waals surface area (Å²) in [5.41, 5.74) is 0. The van der Waals surface area contributed by atoms with Crippen LogP contribution >= 0.6 is 23.4 Å². The van der Waals surface area contributed by atoms with Crippen LogP contribution in [0.1, 0.15) is 6.92 Å². The van der Waals surface area contributed by atoms with E-state index >= 15 is 0 Å². The molecule has 0 N–H and O–H groups in total. The van der Waals surface area contributed by atoms with Gasteiger partial charge in [-0.3, -0.25) is 0 Å². The minimum Gasteiger partial charge on any atom is -0.464 e. The van der Waals surface area contributed by atoms with Crippen LogP contribution in [0.4, 0.5) is 0 Å². The van der Waals surface area contributed by atoms with Crippen molar-refractivity contribution in [1.82, 2.24) is 15.0 Å². The van der Waals surface area contributed by atoms with Crippen molar-refractivity contribution >= 4 is 34.1 Å². The van der Waals surface area contributed by atoms with E-state index in [1.165, 1.54) is 22.5 Å². The first kappa shape index (κ1) is 14.1. The van der Waals surface area contributed by atoms with Crippen LogP contribution < -0.4 is 4.74 Å². The van der Waals surface area contributed by atoms with Gasteiger partial charge in [0.1, 0.15) is 0 Å². The van der Waals surface area contributed by atoms with Crippen LogP contribution in [0, 0.1) is 0 Å². The molecule has 106 valence electrons. The minimum atomic E-state index is 0.136. The van der Waals surface area contributed by atoms with Crippen molar-refractivity contribution in [1.29, 1.82) is 0 Å². The van der Waals surface area contributed by atoms with Gasteiger partial charge >= 0.3 is 6.01 Å². The largest absolute Gasteiger partial charge is 0.464 e. The number of benzene rings is 2. The van der Waals surface area contributed by atoms with Crippen LogP contribution in [0.2, 0.25) is 5.28 Å². The lowest BCUT2D eigenvalue weighted by Crippen LogP contribution is -2.00. The molecule has 0 unspecified atom stereocenters. The van der Waals surface area contributed by atoms with E-state index < -0.39 is 0 Å². The van der Waals surface area contributed by atoms with Crippen molar-refractivity contribution in [2.75, 3.05) is 6.61 Å². The Morgan fingerprint density at radius 3 is 2.67 bits per heavy atom. The quantitative estimate of drug-likeness (QED) is 0.720. The minimum absolute atomic E-state index is 0.136. The molecule has 0 amide bonds. The Morgan fingerprint density at radius 2 is 1.86 bits per heavy atom. The SMILES string of the molecule is CCOc1nc(Cl)nc(Sc2ccc3ccccc3c2)n1. The molecule has 4 nitrogen and oxygen atoms in total. The second kappa shape index (κ2) is 6.28. The second-order valence-corrected chi connectivity index (χ2v) is 5.59. The van der Waals surface area contributed by atoms with Crippen molar-refractivity contribution in [3.8, 4) is 6.01 Å². The molecule has 0 spiro atoms. The Balaban J connectivity index is 1.90. The van der Waals surface area contributed by atoms with Gasteiger partial charge in [0.15, 0.2) is 5.16 Å². The molecule has 2 aromatic carbocycles. The number of rotatable bonds is 4. The predicted molar refractivity (Wildman–Crippen MR) is 84.1 cm³/mol. The Kier molecular flexibility index (Phi) is 4.22. The Morgan fingerprint density at radius 1 is 1.05 bits per heavy atom. The third-order valence-corrected chi connectivity index (χ3v) is 3.79. The number of nitrogens with zero attached hydrogens (tertiary/aromatic N) is 3. The zero-order chi connectivity index (χ0) is 14.7. The fraction of sp³-hybridized carbons (Fsp3) is 0.133. The van der Waals surface area contributed by atoms with Crippen LogP contribution in [0.5, 0.6) is 6.01 Å². The summed E-state index contributed by atoms with van der Waals surface area (Å²) in [6, 6.07) is 14.6. The lowest BCUT2D eigenvalue weighted by atomic mass is 10.1. The molecule has 1 heterocycles. The summed E-state index contributed by atoms with van der Waals surface area (Å²) in [5.74, 6) is 0. The van der Waals surface area contributed by atoms with Crippen LogP contribution in [0.15, 0.2) is 52.5 Å². The van der Waals surface area contributed by atoms with Crippen molar-refractivity contribution in [2.45, 2.75) is 17.0 Å². The molecule has 0 fully saturated rings. The first-order valence-corrected chi connectivity index (χ1v) is 7.65. The van der Waals surface area contributed by atoms with Gasteiger partial charge in [-0.15, -0.1) is 0 Å². The van der Waals surface area contributed by atoms with Crippen LogP contribution in [-0.4, -0.2) is 21.6 Å². The molecule has 0 aliphatic heterocycles. The number of hydrogen-bond donors (Lipinski definition) is 0. The van der Waals surface area contributed by atoms with Crippen LogP contribution in [0.25, 0.3) is 10.8 Å². The van der Waals surface area contributed by atoms with Gasteiger partial charge in [0, 0.05) is 4.90 Å². The number of ether oxygens (including phenoxy) is 1. The van der Waals surface area contributed by atoms with Crippen molar-refractivity contribution in [3.05, 3.63) is 47.7 Å². The average Bonchev–Trinajstić information content (AvgIpc) is 2.47. The molecule has 3 aromatic rings.